The Morgan fingerprint density at radius 2 is 1.73 bits per heavy atom. The second kappa shape index (κ2) is 8.30. The summed E-state index contributed by atoms with van der Waals surface area (Å²) in [6.07, 6.45) is -2.02. The number of benzene rings is 3. The Hall–Kier alpha value is -3.19. The summed E-state index contributed by atoms with van der Waals surface area (Å²) in [5.74, 6) is -1.12. The number of carboxylic acids is 1. The number of aromatic carboxylic acids is 1. The van der Waals surface area contributed by atoms with Crippen molar-refractivity contribution in [3.8, 4) is 11.1 Å². The minimum Gasteiger partial charge on any atom is -0.477 e. The van der Waals surface area contributed by atoms with E-state index in [4.69, 9.17) is 0 Å². The normalized spacial score (nSPS) is 14.0. The van der Waals surface area contributed by atoms with Crippen molar-refractivity contribution in [1.29, 1.82) is 0 Å². The summed E-state index contributed by atoms with van der Waals surface area (Å²) in [4.78, 5) is 13.6. The van der Waals surface area contributed by atoms with Gasteiger partial charge in [0.1, 0.15) is 5.69 Å². The highest BCUT2D eigenvalue weighted by Gasteiger charge is 2.31. The van der Waals surface area contributed by atoms with Gasteiger partial charge in [-0.15, -0.1) is 11.8 Å². The lowest BCUT2D eigenvalue weighted by molar-refractivity contribution is -0.137. The van der Waals surface area contributed by atoms with Gasteiger partial charge in [-0.25, -0.2) is 4.79 Å². The fourth-order valence-electron chi connectivity index (χ4n) is 4.09. The largest absolute Gasteiger partial charge is 0.477 e. The molecular weight excluding hydrogens is 447 g/mol. The third kappa shape index (κ3) is 4.37. The van der Waals surface area contributed by atoms with Gasteiger partial charge in [0.2, 0.25) is 0 Å². The van der Waals surface area contributed by atoms with Crippen LogP contribution in [0.15, 0.2) is 77.7 Å². The van der Waals surface area contributed by atoms with Crippen molar-refractivity contribution in [1.82, 2.24) is 4.57 Å². The lowest BCUT2D eigenvalue weighted by atomic mass is 10.0. The molecule has 1 aromatic heterocycles. The summed E-state index contributed by atoms with van der Waals surface area (Å²) >= 11 is 1.82. The number of halogens is 3. The molecule has 0 radical (unpaired) electrons. The van der Waals surface area contributed by atoms with E-state index in [0.717, 1.165) is 28.0 Å². The van der Waals surface area contributed by atoms with Crippen LogP contribution in [0.3, 0.4) is 0 Å². The van der Waals surface area contributed by atoms with E-state index in [0.29, 0.717) is 21.9 Å². The maximum atomic E-state index is 13.2. The third-order valence-electron chi connectivity index (χ3n) is 5.74. The Balaban J connectivity index is 1.63. The van der Waals surface area contributed by atoms with Gasteiger partial charge in [-0.1, -0.05) is 42.5 Å². The topological polar surface area (TPSA) is 42.2 Å². The molecule has 1 fully saturated rings. The average Bonchev–Trinajstić information content (AvgIpc) is 3.54. The molecule has 1 saturated carbocycles. The third-order valence-corrected chi connectivity index (χ3v) is 7.09. The Bertz CT molecular complexity index is 1340. The van der Waals surface area contributed by atoms with E-state index in [1.807, 2.05) is 48.2 Å². The van der Waals surface area contributed by atoms with Crippen molar-refractivity contribution in [2.24, 2.45) is 0 Å². The number of hydrogen-bond donors (Lipinski definition) is 1. The number of aromatic nitrogens is 1. The molecule has 1 aliphatic rings. The van der Waals surface area contributed by atoms with Crippen LogP contribution in [-0.4, -0.2) is 20.9 Å². The molecule has 168 valence electrons. The molecule has 0 aliphatic heterocycles. The van der Waals surface area contributed by atoms with Crippen LogP contribution in [0, 0.1) is 0 Å². The monoisotopic (exact) mass is 467 g/mol. The summed E-state index contributed by atoms with van der Waals surface area (Å²) in [7, 11) is 0. The molecule has 5 rings (SSSR count). The Morgan fingerprint density at radius 3 is 2.39 bits per heavy atom. The smallest absolute Gasteiger partial charge is 0.416 e. The number of para-hydroxylation sites is 1. The molecule has 33 heavy (non-hydrogen) atoms. The van der Waals surface area contributed by atoms with Gasteiger partial charge < -0.3 is 9.67 Å². The van der Waals surface area contributed by atoms with Crippen LogP contribution in [0.4, 0.5) is 13.2 Å². The van der Waals surface area contributed by atoms with Gasteiger partial charge in [0, 0.05) is 33.2 Å². The molecule has 3 aromatic carbocycles. The molecule has 1 aliphatic carbocycles. The molecule has 3 nitrogen and oxygen atoms in total. The zero-order chi connectivity index (χ0) is 23.2. The van der Waals surface area contributed by atoms with E-state index >= 15 is 0 Å². The number of rotatable bonds is 6. The van der Waals surface area contributed by atoms with E-state index in [1.165, 1.54) is 18.9 Å². The molecular formula is C26H20F3NO2S. The predicted octanol–water partition coefficient (Wildman–Crippen LogP) is 7.33. The fourth-order valence-corrected chi connectivity index (χ4v) is 5.14. The molecule has 0 spiro atoms. The minimum absolute atomic E-state index is 0.0156. The maximum Gasteiger partial charge on any atom is 0.416 e. The molecule has 0 saturated heterocycles. The summed E-state index contributed by atoms with van der Waals surface area (Å²) < 4.78 is 41.2. The number of nitrogens with zero attached hydrogens (tertiary/aromatic N) is 1. The Kier molecular flexibility index (Phi) is 5.44. The first-order chi connectivity index (χ1) is 15.8. The van der Waals surface area contributed by atoms with Crippen molar-refractivity contribution in [2.75, 3.05) is 0 Å². The van der Waals surface area contributed by atoms with E-state index in [-0.39, 0.29) is 12.2 Å². The molecule has 0 bridgehead atoms. The van der Waals surface area contributed by atoms with Gasteiger partial charge in [-0.05, 0) is 54.3 Å². The van der Waals surface area contributed by atoms with Crippen LogP contribution in [0.1, 0.15) is 34.5 Å². The second-order valence-electron chi connectivity index (χ2n) is 8.17. The number of fused-ring (bicyclic) bond motifs is 1. The van der Waals surface area contributed by atoms with Crippen molar-refractivity contribution in [3.63, 3.8) is 0 Å². The Morgan fingerprint density at radius 1 is 1.00 bits per heavy atom. The van der Waals surface area contributed by atoms with Gasteiger partial charge in [0.05, 0.1) is 5.56 Å². The minimum atomic E-state index is -4.46. The number of carboxylic acid groups (broad SMARTS) is 1. The highest BCUT2D eigenvalue weighted by molar-refractivity contribution is 8.00. The molecule has 4 aromatic rings. The summed E-state index contributed by atoms with van der Waals surface area (Å²) in [5, 5.41) is 11.6. The SMILES string of the molecule is O=C(O)c1c(-c2ccc(SC3CC3)cc2)c2ccccc2n1Cc1cccc(C(F)(F)F)c1. The fraction of sp³-hybridized carbons (Fsp3) is 0.192. The lowest BCUT2D eigenvalue weighted by Gasteiger charge is -2.12. The lowest BCUT2D eigenvalue weighted by Crippen LogP contribution is -2.11. The predicted molar refractivity (Wildman–Crippen MR) is 124 cm³/mol. The molecule has 1 heterocycles. The summed E-state index contributed by atoms with van der Waals surface area (Å²) in [6.45, 7) is 0.0156. The number of carbonyl (C=O) groups is 1. The van der Waals surface area contributed by atoms with Gasteiger partial charge >= 0.3 is 12.1 Å². The maximum absolute atomic E-state index is 13.2. The first-order valence-corrected chi connectivity index (χ1v) is 11.5. The average molecular weight is 468 g/mol. The zero-order valence-corrected chi connectivity index (χ0v) is 18.3. The van der Waals surface area contributed by atoms with Crippen LogP contribution in [0.2, 0.25) is 0 Å². The second-order valence-corrected chi connectivity index (χ2v) is 9.55. The van der Waals surface area contributed by atoms with Crippen LogP contribution < -0.4 is 0 Å². The van der Waals surface area contributed by atoms with Crippen LogP contribution >= 0.6 is 11.8 Å². The number of hydrogen-bond acceptors (Lipinski definition) is 2. The summed E-state index contributed by atoms with van der Waals surface area (Å²) in [5.41, 5.74) is 1.71. The molecule has 0 amide bonds. The number of thioether (sulfide) groups is 1. The number of alkyl halides is 3. The van der Waals surface area contributed by atoms with Gasteiger partial charge in [-0.2, -0.15) is 13.2 Å². The van der Waals surface area contributed by atoms with Crippen LogP contribution in [-0.2, 0) is 12.7 Å². The Labute approximate surface area is 192 Å². The van der Waals surface area contributed by atoms with Gasteiger partial charge in [-0.3, -0.25) is 0 Å². The van der Waals surface area contributed by atoms with E-state index in [2.05, 4.69) is 0 Å². The summed E-state index contributed by atoms with van der Waals surface area (Å²) in [6, 6.07) is 20.2. The molecule has 7 heteroatoms. The van der Waals surface area contributed by atoms with Gasteiger partial charge in [0.15, 0.2) is 0 Å². The molecule has 1 N–H and O–H groups in total. The van der Waals surface area contributed by atoms with Crippen molar-refractivity contribution in [2.45, 2.75) is 35.7 Å². The highest BCUT2D eigenvalue weighted by Crippen LogP contribution is 2.41. The zero-order valence-electron chi connectivity index (χ0n) is 17.5. The van der Waals surface area contributed by atoms with E-state index < -0.39 is 17.7 Å². The van der Waals surface area contributed by atoms with Gasteiger partial charge in [0.25, 0.3) is 0 Å². The van der Waals surface area contributed by atoms with Crippen LogP contribution in [0.5, 0.6) is 0 Å². The quantitative estimate of drug-likeness (QED) is 0.323. The van der Waals surface area contributed by atoms with Crippen molar-refractivity contribution >= 4 is 28.6 Å². The molecule has 0 unspecified atom stereocenters. The molecule has 0 atom stereocenters. The first-order valence-electron chi connectivity index (χ1n) is 10.6. The first kappa shape index (κ1) is 21.6. The van der Waals surface area contributed by atoms with Crippen molar-refractivity contribution < 1.29 is 23.1 Å². The van der Waals surface area contributed by atoms with Crippen molar-refractivity contribution in [3.05, 3.63) is 89.6 Å². The van der Waals surface area contributed by atoms with E-state index in [9.17, 15) is 23.1 Å². The van der Waals surface area contributed by atoms with Crippen LogP contribution in [0.25, 0.3) is 22.0 Å². The standard InChI is InChI=1S/C26H20F3NO2S/c27-26(28,29)18-5-3-4-16(14-18)15-30-22-7-2-1-6-21(22)23(24(30)25(31)32)17-8-10-19(11-9-17)33-20-12-13-20/h1-11,14,20H,12-13,15H2,(H,31,32). The van der Waals surface area contributed by atoms with E-state index in [1.54, 1.807) is 22.8 Å². The highest BCUT2D eigenvalue weighted by atomic mass is 32.2.